The van der Waals surface area contributed by atoms with Crippen LogP contribution >= 0.6 is 0 Å². The lowest BCUT2D eigenvalue weighted by Gasteiger charge is -2.20. The lowest BCUT2D eigenvalue weighted by atomic mass is 10.0. The van der Waals surface area contributed by atoms with Gasteiger partial charge in [0, 0.05) is 0 Å². The third kappa shape index (κ3) is 2.02. The molecule has 4 nitrogen and oxygen atoms in total. The van der Waals surface area contributed by atoms with Gasteiger partial charge in [-0.15, -0.1) is 5.10 Å². The summed E-state index contributed by atoms with van der Waals surface area (Å²) in [5.74, 6) is -0.110. The number of nitrogens with zero attached hydrogens (tertiary/aromatic N) is 3. The Kier molecular flexibility index (Phi) is 3.09. The quantitative estimate of drug-likeness (QED) is 0.934. The lowest BCUT2D eigenvalue weighted by molar-refractivity contribution is 0.430. The van der Waals surface area contributed by atoms with E-state index in [2.05, 4.69) is 29.5 Å². The lowest BCUT2D eigenvalue weighted by Crippen LogP contribution is -2.33. The highest BCUT2D eigenvalue weighted by molar-refractivity contribution is 5.36. The van der Waals surface area contributed by atoms with Gasteiger partial charge in [0.1, 0.15) is 11.5 Å². The highest BCUT2D eigenvalue weighted by Gasteiger charge is 2.29. The monoisotopic (exact) mass is 274 g/mol. The highest BCUT2D eigenvalue weighted by Crippen LogP contribution is 2.35. The van der Waals surface area contributed by atoms with Crippen molar-refractivity contribution in [2.45, 2.75) is 38.3 Å². The van der Waals surface area contributed by atoms with Crippen molar-refractivity contribution in [3.8, 4) is 0 Å². The maximum absolute atomic E-state index is 13.8. The van der Waals surface area contributed by atoms with Gasteiger partial charge in [-0.2, -0.15) is 0 Å². The minimum absolute atomic E-state index is 0.0922. The summed E-state index contributed by atoms with van der Waals surface area (Å²) in [7, 11) is 1.90. The van der Waals surface area contributed by atoms with Crippen LogP contribution in [0, 0.1) is 5.82 Å². The van der Waals surface area contributed by atoms with Gasteiger partial charge in [-0.05, 0) is 50.9 Å². The van der Waals surface area contributed by atoms with Crippen molar-refractivity contribution in [2.24, 2.45) is 0 Å². The Bertz CT molecular complexity index is 633. The Morgan fingerprint density at radius 2 is 2.20 bits per heavy atom. The molecule has 3 rings (SSSR count). The van der Waals surface area contributed by atoms with Crippen LogP contribution in [-0.2, 0) is 12.0 Å². The minimum Gasteiger partial charge on any atom is -0.310 e. The van der Waals surface area contributed by atoms with Crippen LogP contribution in [0.1, 0.15) is 43.1 Å². The molecule has 1 heterocycles. The maximum Gasteiger partial charge on any atom is 0.126 e. The summed E-state index contributed by atoms with van der Waals surface area (Å²) in [6.45, 7) is 4.12. The van der Waals surface area contributed by atoms with E-state index in [0.29, 0.717) is 0 Å². The Morgan fingerprint density at radius 1 is 1.40 bits per heavy atom. The number of benzene rings is 1. The third-order valence-electron chi connectivity index (χ3n) is 4.28. The SMILES string of the molecule is CNC(C)(C)c1cn([C@H]2CCc3c(F)cccc32)nn1. The molecule has 0 spiro atoms. The molecule has 1 aliphatic carbocycles. The van der Waals surface area contributed by atoms with Crippen LogP contribution in [0.3, 0.4) is 0 Å². The Morgan fingerprint density at radius 3 is 2.95 bits per heavy atom. The Hall–Kier alpha value is -1.75. The van der Waals surface area contributed by atoms with E-state index >= 15 is 0 Å². The first kappa shape index (κ1) is 13.2. The van der Waals surface area contributed by atoms with E-state index in [9.17, 15) is 4.39 Å². The molecule has 1 aromatic heterocycles. The minimum atomic E-state index is -0.221. The van der Waals surface area contributed by atoms with Gasteiger partial charge in [0.2, 0.25) is 0 Å². The second-order valence-electron chi connectivity index (χ2n) is 5.82. The second-order valence-corrected chi connectivity index (χ2v) is 5.82. The summed E-state index contributed by atoms with van der Waals surface area (Å²) < 4.78 is 15.6. The van der Waals surface area contributed by atoms with E-state index in [1.165, 1.54) is 6.07 Å². The first-order chi connectivity index (χ1) is 9.53. The molecule has 0 aliphatic heterocycles. The number of aromatic nitrogens is 3. The molecular weight excluding hydrogens is 255 g/mol. The molecule has 1 N–H and O–H groups in total. The summed E-state index contributed by atoms with van der Waals surface area (Å²) in [5.41, 5.74) is 2.53. The molecule has 0 saturated carbocycles. The van der Waals surface area contributed by atoms with Gasteiger partial charge in [0.15, 0.2) is 0 Å². The third-order valence-corrected chi connectivity index (χ3v) is 4.28. The van der Waals surface area contributed by atoms with E-state index in [-0.39, 0.29) is 17.4 Å². The molecule has 1 atom stereocenters. The van der Waals surface area contributed by atoms with Crippen molar-refractivity contribution < 1.29 is 4.39 Å². The summed E-state index contributed by atoms with van der Waals surface area (Å²) in [4.78, 5) is 0. The summed E-state index contributed by atoms with van der Waals surface area (Å²) in [5, 5.41) is 11.7. The second kappa shape index (κ2) is 4.66. The average Bonchev–Trinajstić information content (AvgIpc) is 3.05. The first-order valence-corrected chi connectivity index (χ1v) is 6.91. The molecular formula is C15H19FN4. The Balaban J connectivity index is 1.96. The van der Waals surface area contributed by atoms with Crippen molar-refractivity contribution in [1.29, 1.82) is 0 Å². The number of rotatable bonds is 3. The molecule has 0 fully saturated rings. The summed E-state index contributed by atoms with van der Waals surface area (Å²) in [6, 6.07) is 5.37. The van der Waals surface area contributed by atoms with Crippen LogP contribution in [0.25, 0.3) is 0 Å². The molecule has 106 valence electrons. The number of fused-ring (bicyclic) bond motifs is 1. The van der Waals surface area contributed by atoms with Crippen LogP contribution in [0.15, 0.2) is 24.4 Å². The first-order valence-electron chi connectivity index (χ1n) is 6.91. The number of hydrogen-bond acceptors (Lipinski definition) is 3. The van der Waals surface area contributed by atoms with Crippen molar-refractivity contribution >= 4 is 0 Å². The van der Waals surface area contributed by atoms with Gasteiger partial charge in [0.25, 0.3) is 0 Å². The number of hydrogen-bond donors (Lipinski definition) is 1. The molecule has 20 heavy (non-hydrogen) atoms. The van der Waals surface area contributed by atoms with Crippen molar-refractivity contribution in [1.82, 2.24) is 20.3 Å². The normalized spacial score (nSPS) is 18.3. The molecule has 0 bridgehead atoms. The van der Waals surface area contributed by atoms with Gasteiger partial charge in [0.05, 0.1) is 17.8 Å². The molecule has 2 aromatic rings. The van der Waals surface area contributed by atoms with Crippen LogP contribution in [0.4, 0.5) is 4.39 Å². The topological polar surface area (TPSA) is 42.7 Å². The fourth-order valence-corrected chi connectivity index (χ4v) is 2.71. The van der Waals surface area contributed by atoms with E-state index in [1.54, 1.807) is 6.07 Å². The van der Waals surface area contributed by atoms with Gasteiger partial charge >= 0.3 is 0 Å². The fourth-order valence-electron chi connectivity index (χ4n) is 2.71. The van der Waals surface area contributed by atoms with E-state index < -0.39 is 0 Å². The predicted molar refractivity (Wildman–Crippen MR) is 75.0 cm³/mol. The van der Waals surface area contributed by atoms with Crippen LogP contribution in [0.2, 0.25) is 0 Å². The molecule has 0 amide bonds. The largest absolute Gasteiger partial charge is 0.310 e. The number of halogens is 1. The van der Waals surface area contributed by atoms with Gasteiger partial charge in [-0.3, -0.25) is 0 Å². The van der Waals surface area contributed by atoms with Crippen molar-refractivity contribution in [3.05, 3.63) is 47.0 Å². The Labute approximate surface area is 118 Å². The smallest absolute Gasteiger partial charge is 0.126 e. The van der Waals surface area contributed by atoms with Crippen molar-refractivity contribution in [3.63, 3.8) is 0 Å². The summed E-state index contributed by atoms with van der Waals surface area (Å²) >= 11 is 0. The van der Waals surface area contributed by atoms with E-state index in [0.717, 1.165) is 29.7 Å². The van der Waals surface area contributed by atoms with Crippen LogP contribution in [-0.4, -0.2) is 22.0 Å². The molecule has 1 aromatic carbocycles. The van der Waals surface area contributed by atoms with Crippen LogP contribution in [0.5, 0.6) is 0 Å². The fraction of sp³-hybridized carbons (Fsp3) is 0.467. The molecule has 0 unspecified atom stereocenters. The van der Waals surface area contributed by atoms with Gasteiger partial charge in [-0.1, -0.05) is 17.3 Å². The molecule has 0 saturated heterocycles. The summed E-state index contributed by atoms with van der Waals surface area (Å²) in [6.07, 6.45) is 3.59. The zero-order valence-electron chi connectivity index (χ0n) is 12.0. The predicted octanol–water partition coefficient (Wildman–Crippen LogP) is 2.41. The van der Waals surface area contributed by atoms with Gasteiger partial charge < -0.3 is 5.32 Å². The van der Waals surface area contributed by atoms with Gasteiger partial charge in [-0.25, -0.2) is 9.07 Å². The van der Waals surface area contributed by atoms with Crippen LogP contribution < -0.4 is 5.32 Å². The number of nitrogens with one attached hydrogen (secondary N) is 1. The maximum atomic E-state index is 13.8. The average molecular weight is 274 g/mol. The van der Waals surface area contributed by atoms with Crippen molar-refractivity contribution in [2.75, 3.05) is 7.05 Å². The molecule has 5 heteroatoms. The standard InChI is InChI=1S/C15H19FN4/c1-15(2,17-3)14-9-20(19-18-14)13-8-7-10-11(13)5-4-6-12(10)16/h4-6,9,13,17H,7-8H2,1-3H3/t13-/m0/s1. The molecule has 1 aliphatic rings. The van der Waals surface area contributed by atoms with E-state index in [1.807, 2.05) is 24.0 Å². The molecule has 0 radical (unpaired) electrons. The zero-order chi connectivity index (χ0) is 14.3. The highest BCUT2D eigenvalue weighted by atomic mass is 19.1. The zero-order valence-corrected chi connectivity index (χ0v) is 12.0. The van der Waals surface area contributed by atoms with E-state index in [4.69, 9.17) is 0 Å².